The van der Waals surface area contributed by atoms with E-state index in [1.165, 1.54) is 0 Å². The molecule has 100 valence electrons. The monoisotopic (exact) mass is 270 g/mol. The maximum atomic E-state index is 11.3. The van der Waals surface area contributed by atoms with Gasteiger partial charge in [-0.2, -0.15) is 0 Å². The lowest BCUT2D eigenvalue weighted by Crippen LogP contribution is -2.36. The Hall–Kier alpha value is -1.42. The Balaban J connectivity index is 2.37. The minimum absolute atomic E-state index is 0.138. The Morgan fingerprint density at radius 1 is 1.33 bits per heavy atom. The van der Waals surface area contributed by atoms with Crippen molar-refractivity contribution >= 4 is 17.6 Å². The summed E-state index contributed by atoms with van der Waals surface area (Å²) in [5.41, 5.74) is 0.994. The lowest BCUT2D eigenvalue weighted by atomic mass is 10.1. The number of methoxy groups -OCH3 is 1. The van der Waals surface area contributed by atoms with Crippen LogP contribution in [0.2, 0.25) is 5.02 Å². The van der Waals surface area contributed by atoms with E-state index in [1.807, 2.05) is 19.1 Å². The van der Waals surface area contributed by atoms with Crippen molar-refractivity contribution in [1.82, 2.24) is 10.6 Å². The third kappa shape index (κ3) is 4.84. The number of benzene rings is 1. The SMILES string of the molecule is CCCNC(=O)NCCc1ccc(OC)cc1Cl. The molecule has 0 unspecified atom stereocenters. The molecule has 1 aromatic carbocycles. The maximum absolute atomic E-state index is 11.3. The van der Waals surface area contributed by atoms with E-state index in [0.29, 0.717) is 24.5 Å². The topological polar surface area (TPSA) is 50.4 Å². The number of rotatable bonds is 6. The van der Waals surface area contributed by atoms with Gasteiger partial charge in [-0.3, -0.25) is 0 Å². The van der Waals surface area contributed by atoms with E-state index in [0.717, 1.165) is 17.7 Å². The highest BCUT2D eigenvalue weighted by atomic mass is 35.5. The summed E-state index contributed by atoms with van der Waals surface area (Å²) < 4.78 is 5.07. The van der Waals surface area contributed by atoms with Crippen LogP contribution in [0.25, 0.3) is 0 Å². The quantitative estimate of drug-likeness (QED) is 0.835. The minimum Gasteiger partial charge on any atom is -0.497 e. The number of hydrogen-bond acceptors (Lipinski definition) is 2. The van der Waals surface area contributed by atoms with Crippen molar-refractivity contribution in [3.8, 4) is 5.75 Å². The van der Waals surface area contributed by atoms with Crippen molar-refractivity contribution in [2.45, 2.75) is 19.8 Å². The number of hydrogen-bond donors (Lipinski definition) is 2. The molecule has 0 fully saturated rings. The summed E-state index contributed by atoms with van der Waals surface area (Å²) in [4.78, 5) is 11.3. The Morgan fingerprint density at radius 2 is 2.06 bits per heavy atom. The van der Waals surface area contributed by atoms with Gasteiger partial charge in [0.1, 0.15) is 5.75 Å². The van der Waals surface area contributed by atoms with Gasteiger partial charge in [0, 0.05) is 18.1 Å². The van der Waals surface area contributed by atoms with Crippen LogP contribution < -0.4 is 15.4 Å². The van der Waals surface area contributed by atoms with Crippen LogP contribution in [0.5, 0.6) is 5.75 Å². The number of urea groups is 1. The zero-order valence-corrected chi connectivity index (χ0v) is 11.5. The van der Waals surface area contributed by atoms with Crippen LogP contribution in [-0.4, -0.2) is 26.2 Å². The summed E-state index contributed by atoms with van der Waals surface area (Å²) >= 11 is 6.10. The largest absolute Gasteiger partial charge is 0.497 e. The molecule has 0 aliphatic heterocycles. The second kappa shape index (κ2) is 7.82. The Bertz CT molecular complexity index is 397. The van der Waals surface area contributed by atoms with Gasteiger partial charge in [0.25, 0.3) is 0 Å². The molecule has 0 radical (unpaired) electrons. The number of halogens is 1. The zero-order valence-electron chi connectivity index (χ0n) is 10.8. The fraction of sp³-hybridized carbons (Fsp3) is 0.462. The molecular formula is C13H19ClN2O2. The van der Waals surface area contributed by atoms with Crippen molar-refractivity contribution in [1.29, 1.82) is 0 Å². The van der Waals surface area contributed by atoms with Crippen LogP contribution in [0.1, 0.15) is 18.9 Å². The van der Waals surface area contributed by atoms with Gasteiger partial charge < -0.3 is 15.4 Å². The summed E-state index contributed by atoms with van der Waals surface area (Å²) in [6.45, 7) is 3.26. The lowest BCUT2D eigenvalue weighted by Gasteiger charge is -2.08. The average molecular weight is 271 g/mol. The van der Waals surface area contributed by atoms with Crippen LogP contribution in [-0.2, 0) is 6.42 Å². The number of nitrogens with one attached hydrogen (secondary N) is 2. The lowest BCUT2D eigenvalue weighted by molar-refractivity contribution is 0.241. The molecule has 0 aromatic heterocycles. The summed E-state index contributed by atoms with van der Waals surface area (Å²) in [7, 11) is 1.60. The molecule has 4 nitrogen and oxygen atoms in total. The first-order valence-corrected chi connectivity index (χ1v) is 6.39. The van der Waals surface area contributed by atoms with Crippen LogP contribution in [0, 0.1) is 0 Å². The standard InChI is InChI=1S/C13H19ClN2O2/c1-3-7-15-13(17)16-8-6-10-4-5-11(18-2)9-12(10)14/h4-5,9H,3,6-8H2,1-2H3,(H2,15,16,17). The maximum Gasteiger partial charge on any atom is 0.314 e. The highest BCUT2D eigenvalue weighted by molar-refractivity contribution is 6.31. The molecule has 2 amide bonds. The molecule has 18 heavy (non-hydrogen) atoms. The molecule has 0 aliphatic rings. The minimum atomic E-state index is -0.138. The van der Waals surface area contributed by atoms with Gasteiger partial charge in [0.15, 0.2) is 0 Å². The van der Waals surface area contributed by atoms with Gasteiger partial charge in [-0.1, -0.05) is 24.6 Å². The molecule has 5 heteroatoms. The molecule has 1 rings (SSSR count). The van der Waals surface area contributed by atoms with Crippen molar-refractivity contribution < 1.29 is 9.53 Å². The number of carbonyl (C=O) groups is 1. The van der Waals surface area contributed by atoms with E-state index in [2.05, 4.69) is 10.6 Å². The van der Waals surface area contributed by atoms with Crippen molar-refractivity contribution in [3.63, 3.8) is 0 Å². The van der Waals surface area contributed by atoms with Crippen LogP contribution in [0.15, 0.2) is 18.2 Å². The summed E-state index contributed by atoms with van der Waals surface area (Å²) in [5, 5.41) is 6.19. The Morgan fingerprint density at radius 3 is 2.67 bits per heavy atom. The molecule has 0 saturated heterocycles. The summed E-state index contributed by atoms with van der Waals surface area (Å²) in [6.07, 6.45) is 1.63. The molecule has 0 spiro atoms. The number of carbonyl (C=O) groups excluding carboxylic acids is 1. The highest BCUT2D eigenvalue weighted by Gasteiger charge is 2.03. The third-order valence-electron chi connectivity index (χ3n) is 2.48. The molecule has 0 bridgehead atoms. The fourth-order valence-corrected chi connectivity index (χ4v) is 1.73. The van der Waals surface area contributed by atoms with E-state index >= 15 is 0 Å². The predicted octanol–water partition coefficient (Wildman–Crippen LogP) is 2.60. The van der Waals surface area contributed by atoms with Crippen molar-refractivity contribution in [3.05, 3.63) is 28.8 Å². The van der Waals surface area contributed by atoms with Crippen LogP contribution in [0.3, 0.4) is 0 Å². The Labute approximate surface area is 113 Å². The molecule has 0 heterocycles. The van der Waals surface area contributed by atoms with E-state index < -0.39 is 0 Å². The summed E-state index contributed by atoms with van der Waals surface area (Å²) in [5.74, 6) is 0.734. The second-order valence-corrected chi connectivity index (χ2v) is 4.30. The van der Waals surface area contributed by atoms with Gasteiger partial charge in [-0.15, -0.1) is 0 Å². The smallest absolute Gasteiger partial charge is 0.314 e. The number of amides is 2. The molecule has 2 N–H and O–H groups in total. The van der Waals surface area contributed by atoms with E-state index in [-0.39, 0.29) is 6.03 Å². The van der Waals surface area contributed by atoms with E-state index in [4.69, 9.17) is 16.3 Å². The highest BCUT2D eigenvalue weighted by Crippen LogP contribution is 2.22. The zero-order chi connectivity index (χ0) is 13.4. The molecule has 1 aromatic rings. The average Bonchev–Trinajstić information content (AvgIpc) is 2.38. The molecule has 0 saturated carbocycles. The van der Waals surface area contributed by atoms with E-state index in [1.54, 1.807) is 13.2 Å². The fourth-order valence-electron chi connectivity index (χ4n) is 1.47. The predicted molar refractivity (Wildman–Crippen MR) is 73.4 cm³/mol. The van der Waals surface area contributed by atoms with Crippen molar-refractivity contribution in [2.24, 2.45) is 0 Å². The Kier molecular flexibility index (Phi) is 6.36. The van der Waals surface area contributed by atoms with Crippen LogP contribution in [0.4, 0.5) is 4.79 Å². The normalized spacial score (nSPS) is 9.94. The first-order valence-electron chi connectivity index (χ1n) is 6.01. The molecular weight excluding hydrogens is 252 g/mol. The summed E-state index contributed by atoms with van der Waals surface area (Å²) in [6, 6.07) is 5.40. The number of ether oxygens (including phenoxy) is 1. The van der Waals surface area contributed by atoms with Gasteiger partial charge >= 0.3 is 6.03 Å². The van der Waals surface area contributed by atoms with Gasteiger partial charge in [-0.05, 0) is 30.5 Å². The first kappa shape index (κ1) is 14.6. The van der Waals surface area contributed by atoms with E-state index in [9.17, 15) is 4.79 Å². The van der Waals surface area contributed by atoms with Gasteiger partial charge in [-0.25, -0.2) is 4.79 Å². The van der Waals surface area contributed by atoms with Crippen molar-refractivity contribution in [2.75, 3.05) is 20.2 Å². The van der Waals surface area contributed by atoms with Crippen LogP contribution >= 0.6 is 11.6 Å². The second-order valence-electron chi connectivity index (χ2n) is 3.89. The molecule has 0 aliphatic carbocycles. The van der Waals surface area contributed by atoms with Gasteiger partial charge in [0.05, 0.1) is 7.11 Å². The first-order chi connectivity index (χ1) is 8.67. The molecule has 0 atom stereocenters. The van der Waals surface area contributed by atoms with Gasteiger partial charge in [0.2, 0.25) is 0 Å². The third-order valence-corrected chi connectivity index (χ3v) is 2.83.